The maximum Gasteiger partial charge on any atom is 0.339 e. The first-order chi connectivity index (χ1) is 8.88. The van der Waals surface area contributed by atoms with Crippen LogP contribution >= 0.6 is 0 Å². The SMILES string of the molecule is Cc1cc(C)c(Cn2cc(C(=O)O)c(C)n2)c(C)c1. The van der Waals surface area contributed by atoms with Gasteiger partial charge in [-0.1, -0.05) is 17.7 Å². The van der Waals surface area contributed by atoms with Gasteiger partial charge in [0.2, 0.25) is 0 Å². The van der Waals surface area contributed by atoms with E-state index in [9.17, 15) is 4.79 Å². The van der Waals surface area contributed by atoms with Crippen LogP contribution < -0.4 is 0 Å². The molecule has 0 fully saturated rings. The lowest BCUT2D eigenvalue weighted by Crippen LogP contribution is -2.05. The van der Waals surface area contributed by atoms with E-state index in [0.717, 1.165) is 0 Å². The van der Waals surface area contributed by atoms with E-state index in [2.05, 4.69) is 38.0 Å². The molecule has 0 radical (unpaired) electrons. The molecule has 0 aliphatic heterocycles. The van der Waals surface area contributed by atoms with Crippen molar-refractivity contribution < 1.29 is 9.90 Å². The third kappa shape index (κ3) is 2.67. The zero-order valence-corrected chi connectivity index (χ0v) is 11.7. The van der Waals surface area contributed by atoms with Crippen LogP contribution in [0.5, 0.6) is 0 Å². The third-order valence-corrected chi connectivity index (χ3v) is 3.34. The molecule has 4 heteroatoms. The maximum atomic E-state index is 11.0. The Morgan fingerprint density at radius 2 is 1.79 bits per heavy atom. The van der Waals surface area contributed by atoms with Gasteiger partial charge in [-0.2, -0.15) is 5.10 Å². The molecule has 2 aromatic rings. The number of carboxylic acids is 1. The van der Waals surface area contributed by atoms with E-state index < -0.39 is 5.97 Å². The maximum absolute atomic E-state index is 11.0. The first-order valence-electron chi connectivity index (χ1n) is 6.22. The highest BCUT2D eigenvalue weighted by atomic mass is 16.4. The van der Waals surface area contributed by atoms with E-state index in [1.54, 1.807) is 17.8 Å². The Morgan fingerprint density at radius 1 is 1.21 bits per heavy atom. The summed E-state index contributed by atoms with van der Waals surface area (Å²) in [6, 6.07) is 4.27. The molecular formula is C15H18N2O2. The van der Waals surface area contributed by atoms with Gasteiger partial charge in [-0.3, -0.25) is 4.68 Å². The molecule has 0 unspecified atom stereocenters. The lowest BCUT2D eigenvalue weighted by molar-refractivity contribution is 0.0696. The highest BCUT2D eigenvalue weighted by Gasteiger charge is 2.13. The van der Waals surface area contributed by atoms with E-state index in [1.165, 1.54) is 22.3 Å². The molecule has 2 rings (SSSR count). The van der Waals surface area contributed by atoms with E-state index in [4.69, 9.17) is 5.11 Å². The lowest BCUT2D eigenvalue weighted by Gasteiger charge is -2.11. The molecule has 1 aromatic carbocycles. The van der Waals surface area contributed by atoms with Gasteiger partial charge >= 0.3 is 5.97 Å². The minimum absolute atomic E-state index is 0.266. The van der Waals surface area contributed by atoms with Crippen LogP contribution in [-0.2, 0) is 6.54 Å². The van der Waals surface area contributed by atoms with Crippen LogP contribution in [0, 0.1) is 27.7 Å². The molecule has 0 aliphatic carbocycles. The second-order valence-corrected chi connectivity index (χ2v) is 5.01. The Hall–Kier alpha value is -2.10. The van der Waals surface area contributed by atoms with Crippen LogP contribution in [0.1, 0.15) is 38.3 Å². The summed E-state index contributed by atoms with van der Waals surface area (Å²) in [5, 5.41) is 13.3. The molecule has 0 aliphatic rings. The van der Waals surface area contributed by atoms with Crippen molar-refractivity contribution in [1.82, 2.24) is 9.78 Å². The van der Waals surface area contributed by atoms with Crippen molar-refractivity contribution >= 4 is 5.97 Å². The van der Waals surface area contributed by atoms with Crippen LogP contribution in [0.4, 0.5) is 0 Å². The fraction of sp³-hybridized carbons (Fsp3) is 0.333. The standard InChI is InChI=1S/C15H18N2O2/c1-9-5-10(2)13(11(3)6-9)7-17-8-14(15(18)19)12(4)16-17/h5-6,8H,7H2,1-4H3,(H,18,19). The molecule has 0 saturated carbocycles. The van der Waals surface area contributed by atoms with Crippen molar-refractivity contribution in [2.24, 2.45) is 0 Å². The zero-order valence-electron chi connectivity index (χ0n) is 11.7. The van der Waals surface area contributed by atoms with Gasteiger partial charge in [0.15, 0.2) is 0 Å². The van der Waals surface area contributed by atoms with Crippen LogP contribution in [-0.4, -0.2) is 20.9 Å². The molecule has 0 amide bonds. The van der Waals surface area contributed by atoms with Gasteiger partial charge in [0.05, 0.1) is 12.2 Å². The molecule has 4 nitrogen and oxygen atoms in total. The van der Waals surface area contributed by atoms with Crippen molar-refractivity contribution in [2.75, 3.05) is 0 Å². The highest BCUT2D eigenvalue weighted by Crippen LogP contribution is 2.18. The molecular weight excluding hydrogens is 240 g/mol. The number of aromatic carboxylic acids is 1. The summed E-state index contributed by atoms with van der Waals surface area (Å²) in [5.41, 5.74) is 5.68. The van der Waals surface area contributed by atoms with Gasteiger partial charge in [0, 0.05) is 6.20 Å². The third-order valence-electron chi connectivity index (χ3n) is 3.34. The monoisotopic (exact) mass is 258 g/mol. The number of carbonyl (C=O) groups is 1. The second kappa shape index (κ2) is 4.88. The topological polar surface area (TPSA) is 55.1 Å². The molecule has 1 aromatic heterocycles. The molecule has 1 N–H and O–H groups in total. The Bertz CT molecular complexity index is 619. The summed E-state index contributed by atoms with van der Waals surface area (Å²) in [7, 11) is 0. The number of benzene rings is 1. The van der Waals surface area contributed by atoms with Gasteiger partial charge in [-0.15, -0.1) is 0 Å². The number of nitrogens with zero attached hydrogens (tertiary/aromatic N) is 2. The Kier molecular flexibility index (Phi) is 3.42. The minimum atomic E-state index is -0.930. The van der Waals surface area contributed by atoms with Crippen LogP contribution in [0.25, 0.3) is 0 Å². The van der Waals surface area contributed by atoms with Crippen molar-refractivity contribution in [3.05, 3.63) is 51.8 Å². The highest BCUT2D eigenvalue weighted by molar-refractivity contribution is 5.88. The fourth-order valence-corrected chi connectivity index (χ4v) is 2.43. The fourth-order valence-electron chi connectivity index (χ4n) is 2.43. The predicted molar refractivity (Wildman–Crippen MR) is 73.7 cm³/mol. The number of hydrogen-bond donors (Lipinski definition) is 1. The molecule has 0 spiro atoms. The summed E-state index contributed by atoms with van der Waals surface area (Å²) >= 11 is 0. The zero-order chi connectivity index (χ0) is 14.2. The molecule has 0 atom stereocenters. The number of aromatic nitrogens is 2. The van der Waals surface area contributed by atoms with Gasteiger partial charge < -0.3 is 5.11 Å². The molecule has 0 bridgehead atoms. The number of carboxylic acid groups (broad SMARTS) is 1. The first kappa shape index (κ1) is 13.3. The summed E-state index contributed by atoms with van der Waals surface area (Å²) in [6.07, 6.45) is 1.59. The second-order valence-electron chi connectivity index (χ2n) is 5.01. The molecule has 1 heterocycles. The summed E-state index contributed by atoms with van der Waals surface area (Å²) in [6.45, 7) is 8.54. The van der Waals surface area contributed by atoms with Gasteiger partial charge in [-0.05, 0) is 44.4 Å². The number of hydrogen-bond acceptors (Lipinski definition) is 2. The van der Waals surface area contributed by atoms with E-state index >= 15 is 0 Å². The quantitative estimate of drug-likeness (QED) is 0.921. The van der Waals surface area contributed by atoms with Crippen molar-refractivity contribution in [1.29, 1.82) is 0 Å². The number of aryl methyl sites for hydroxylation is 4. The van der Waals surface area contributed by atoms with Crippen LogP contribution in [0.2, 0.25) is 0 Å². The van der Waals surface area contributed by atoms with E-state index in [-0.39, 0.29) is 5.56 Å². The van der Waals surface area contributed by atoms with Crippen molar-refractivity contribution in [2.45, 2.75) is 34.2 Å². The average Bonchev–Trinajstić information content (AvgIpc) is 2.65. The van der Waals surface area contributed by atoms with Gasteiger partial charge in [0.25, 0.3) is 0 Å². The molecule has 19 heavy (non-hydrogen) atoms. The summed E-state index contributed by atoms with van der Waals surface area (Å²) in [5.74, 6) is -0.930. The summed E-state index contributed by atoms with van der Waals surface area (Å²) < 4.78 is 1.70. The smallest absolute Gasteiger partial charge is 0.339 e. The number of rotatable bonds is 3. The first-order valence-corrected chi connectivity index (χ1v) is 6.22. The average molecular weight is 258 g/mol. The molecule has 0 saturated heterocycles. The van der Waals surface area contributed by atoms with E-state index in [0.29, 0.717) is 12.2 Å². The predicted octanol–water partition coefficient (Wildman–Crippen LogP) is 2.86. The molecule has 100 valence electrons. The van der Waals surface area contributed by atoms with Crippen LogP contribution in [0.3, 0.4) is 0 Å². The van der Waals surface area contributed by atoms with Crippen molar-refractivity contribution in [3.8, 4) is 0 Å². The van der Waals surface area contributed by atoms with Crippen LogP contribution in [0.15, 0.2) is 18.3 Å². The Balaban J connectivity index is 2.37. The van der Waals surface area contributed by atoms with E-state index in [1.807, 2.05) is 0 Å². The Morgan fingerprint density at radius 3 is 2.26 bits per heavy atom. The Labute approximate surface area is 112 Å². The normalized spacial score (nSPS) is 10.7. The van der Waals surface area contributed by atoms with Crippen molar-refractivity contribution in [3.63, 3.8) is 0 Å². The van der Waals surface area contributed by atoms with Gasteiger partial charge in [0.1, 0.15) is 5.56 Å². The van der Waals surface area contributed by atoms with Gasteiger partial charge in [-0.25, -0.2) is 4.79 Å². The summed E-state index contributed by atoms with van der Waals surface area (Å²) in [4.78, 5) is 11.0. The minimum Gasteiger partial charge on any atom is -0.478 e. The lowest BCUT2D eigenvalue weighted by atomic mass is 10.00. The largest absolute Gasteiger partial charge is 0.478 e.